The normalized spacial score (nSPS) is 14.8. The molecule has 1 aromatic rings. The molecule has 3 nitrogen and oxygen atoms in total. The molecule has 0 aliphatic carbocycles. The number of nitrogens with zero attached hydrogens (tertiary/aromatic N) is 1. The van der Waals surface area contributed by atoms with Crippen molar-refractivity contribution in [3.05, 3.63) is 33.4 Å². The minimum atomic E-state index is 0. The molecule has 0 atom stereocenters. The summed E-state index contributed by atoms with van der Waals surface area (Å²) in [6.45, 7) is 3.62. The summed E-state index contributed by atoms with van der Waals surface area (Å²) in [5.41, 5.74) is 1.37. The molecule has 1 aliphatic rings. The van der Waals surface area contributed by atoms with Crippen LogP contribution in [0.15, 0.2) is 24.3 Å². The second-order valence-corrected chi connectivity index (χ2v) is 6.21. The molecule has 1 aromatic carbocycles. The van der Waals surface area contributed by atoms with Crippen LogP contribution in [0, 0.1) is 3.57 Å². The third-order valence-corrected chi connectivity index (χ3v) is 4.21. The number of aryl methyl sites for hydroxylation is 1. The molecule has 0 radical (unpaired) electrons. The number of carbonyl (C=O) groups excluding carboxylic acids is 1. The van der Waals surface area contributed by atoms with Crippen molar-refractivity contribution in [1.29, 1.82) is 0 Å². The highest BCUT2D eigenvalue weighted by Crippen LogP contribution is 2.11. The molecule has 2 rings (SSSR count). The van der Waals surface area contributed by atoms with Crippen molar-refractivity contribution in [3.63, 3.8) is 0 Å². The van der Waals surface area contributed by atoms with Crippen LogP contribution in [0.4, 0.5) is 0 Å². The van der Waals surface area contributed by atoms with Crippen LogP contribution in [0.5, 0.6) is 0 Å². The van der Waals surface area contributed by atoms with Crippen molar-refractivity contribution in [2.75, 3.05) is 26.2 Å². The molecule has 1 amide bonds. The molecule has 1 N–H and O–H groups in total. The third-order valence-electron chi connectivity index (χ3n) is 3.49. The number of hydrogen-bond donors (Lipinski definition) is 1. The molecule has 1 fully saturated rings. The first-order valence-corrected chi connectivity index (χ1v) is 8.06. The van der Waals surface area contributed by atoms with Crippen molar-refractivity contribution in [3.8, 4) is 0 Å². The Hall–Kier alpha value is -0.330. The van der Waals surface area contributed by atoms with Gasteiger partial charge in [-0.15, -0.1) is 12.4 Å². The summed E-state index contributed by atoms with van der Waals surface area (Å²) in [6, 6.07) is 8.64. The Balaban J connectivity index is 0.00000200. The van der Waals surface area contributed by atoms with E-state index in [2.05, 4.69) is 52.2 Å². The van der Waals surface area contributed by atoms with Crippen molar-refractivity contribution in [2.45, 2.75) is 25.7 Å². The van der Waals surface area contributed by atoms with E-state index in [-0.39, 0.29) is 12.4 Å². The van der Waals surface area contributed by atoms with Crippen molar-refractivity contribution in [2.24, 2.45) is 0 Å². The zero-order valence-electron chi connectivity index (χ0n) is 11.6. The van der Waals surface area contributed by atoms with Crippen LogP contribution in [0.3, 0.4) is 0 Å². The van der Waals surface area contributed by atoms with Gasteiger partial charge in [0.05, 0.1) is 0 Å². The van der Waals surface area contributed by atoms with Gasteiger partial charge in [0.1, 0.15) is 0 Å². The number of hydrogen-bond acceptors (Lipinski definition) is 2. The van der Waals surface area contributed by atoms with Gasteiger partial charge in [0, 0.05) is 36.2 Å². The lowest BCUT2D eigenvalue weighted by Crippen LogP contribution is -2.46. The van der Waals surface area contributed by atoms with Crippen LogP contribution in [0.1, 0.15) is 24.8 Å². The van der Waals surface area contributed by atoms with Crippen molar-refractivity contribution < 1.29 is 4.79 Å². The quantitative estimate of drug-likeness (QED) is 0.600. The first-order chi connectivity index (χ1) is 9.25. The van der Waals surface area contributed by atoms with E-state index in [1.54, 1.807) is 0 Å². The molecule has 1 aliphatic heterocycles. The molecule has 0 aromatic heterocycles. The third kappa shape index (κ3) is 5.97. The summed E-state index contributed by atoms with van der Waals surface area (Å²) in [4.78, 5) is 13.9. The highest BCUT2D eigenvalue weighted by Gasteiger charge is 2.15. The summed E-state index contributed by atoms with van der Waals surface area (Å²) in [7, 11) is 0. The molecule has 112 valence electrons. The first-order valence-electron chi connectivity index (χ1n) is 6.98. The summed E-state index contributed by atoms with van der Waals surface area (Å²) >= 11 is 2.32. The maximum absolute atomic E-state index is 12.0. The Labute approximate surface area is 141 Å². The number of piperazine rings is 1. The van der Waals surface area contributed by atoms with Crippen LogP contribution >= 0.6 is 35.0 Å². The Kier molecular flexibility index (Phi) is 8.49. The summed E-state index contributed by atoms with van der Waals surface area (Å²) in [5.74, 6) is 0.323. The van der Waals surface area contributed by atoms with E-state index in [1.165, 1.54) is 9.13 Å². The van der Waals surface area contributed by atoms with Crippen LogP contribution in [-0.4, -0.2) is 37.0 Å². The Bertz CT molecular complexity index is 405. The summed E-state index contributed by atoms with van der Waals surface area (Å²) < 4.78 is 1.27. The van der Waals surface area contributed by atoms with Gasteiger partial charge in [0.15, 0.2) is 0 Å². The van der Waals surface area contributed by atoms with Gasteiger partial charge in [-0.05, 0) is 59.5 Å². The highest BCUT2D eigenvalue weighted by atomic mass is 127. The highest BCUT2D eigenvalue weighted by molar-refractivity contribution is 14.1. The number of unbranched alkanes of at least 4 members (excludes halogenated alkanes) is 1. The smallest absolute Gasteiger partial charge is 0.222 e. The Morgan fingerprint density at radius 1 is 1.15 bits per heavy atom. The number of amides is 1. The lowest BCUT2D eigenvalue weighted by atomic mass is 10.1. The van der Waals surface area contributed by atoms with Crippen molar-refractivity contribution >= 4 is 40.9 Å². The van der Waals surface area contributed by atoms with Gasteiger partial charge in [-0.3, -0.25) is 4.79 Å². The van der Waals surface area contributed by atoms with E-state index in [0.29, 0.717) is 12.3 Å². The van der Waals surface area contributed by atoms with Gasteiger partial charge >= 0.3 is 0 Å². The molecule has 5 heteroatoms. The van der Waals surface area contributed by atoms with E-state index in [1.807, 2.05) is 4.90 Å². The topological polar surface area (TPSA) is 32.3 Å². The van der Waals surface area contributed by atoms with Gasteiger partial charge in [-0.25, -0.2) is 0 Å². The molecule has 1 saturated heterocycles. The van der Waals surface area contributed by atoms with E-state index in [9.17, 15) is 4.79 Å². The van der Waals surface area contributed by atoms with Crippen LogP contribution in [0.2, 0.25) is 0 Å². The number of nitrogens with one attached hydrogen (secondary N) is 1. The van der Waals surface area contributed by atoms with Crippen molar-refractivity contribution in [1.82, 2.24) is 10.2 Å². The second-order valence-electron chi connectivity index (χ2n) is 4.96. The number of carbonyl (C=O) groups is 1. The second kappa shape index (κ2) is 9.58. The maximum Gasteiger partial charge on any atom is 0.222 e. The first kappa shape index (κ1) is 17.7. The molecule has 1 heterocycles. The lowest BCUT2D eigenvalue weighted by Gasteiger charge is -2.27. The molecular formula is C15H22ClIN2O. The lowest BCUT2D eigenvalue weighted by molar-refractivity contribution is -0.131. The SMILES string of the molecule is Cl.O=C(CCCCc1ccc(I)cc1)N1CCNCC1. The zero-order valence-corrected chi connectivity index (χ0v) is 14.6. The zero-order chi connectivity index (χ0) is 13.5. The molecule has 0 spiro atoms. The fraction of sp³-hybridized carbons (Fsp3) is 0.533. The van der Waals surface area contributed by atoms with Gasteiger partial charge in [-0.1, -0.05) is 12.1 Å². The van der Waals surface area contributed by atoms with Crippen LogP contribution in [-0.2, 0) is 11.2 Å². The van der Waals surface area contributed by atoms with Crippen LogP contribution in [0.25, 0.3) is 0 Å². The number of rotatable bonds is 5. The molecular weight excluding hydrogens is 387 g/mol. The molecule has 0 unspecified atom stereocenters. The Morgan fingerprint density at radius 2 is 1.80 bits per heavy atom. The van der Waals surface area contributed by atoms with Crippen LogP contribution < -0.4 is 5.32 Å². The predicted molar refractivity (Wildman–Crippen MR) is 93.4 cm³/mol. The average Bonchev–Trinajstić information content (AvgIpc) is 2.46. The molecule has 20 heavy (non-hydrogen) atoms. The van der Waals surface area contributed by atoms with E-state index in [0.717, 1.165) is 45.4 Å². The standard InChI is InChI=1S/C15H21IN2O.ClH/c16-14-7-5-13(6-8-14)3-1-2-4-15(19)18-11-9-17-10-12-18;/h5-8,17H,1-4,9-12H2;1H. The number of benzene rings is 1. The molecule has 0 saturated carbocycles. The predicted octanol–water partition coefficient (Wildman–Crippen LogP) is 2.86. The average molecular weight is 409 g/mol. The maximum atomic E-state index is 12.0. The minimum Gasteiger partial charge on any atom is -0.340 e. The summed E-state index contributed by atoms with van der Waals surface area (Å²) in [6.07, 6.45) is 3.86. The fourth-order valence-electron chi connectivity index (χ4n) is 2.33. The van der Waals surface area contributed by atoms with E-state index >= 15 is 0 Å². The summed E-state index contributed by atoms with van der Waals surface area (Å²) in [5, 5.41) is 3.27. The minimum absolute atomic E-state index is 0. The van der Waals surface area contributed by atoms with E-state index in [4.69, 9.17) is 0 Å². The van der Waals surface area contributed by atoms with Gasteiger partial charge in [0.2, 0.25) is 5.91 Å². The Morgan fingerprint density at radius 3 is 2.45 bits per heavy atom. The van der Waals surface area contributed by atoms with Gasteiger partial charge in [0.25, 0.3) is 0 Å². The van der Waals surface area contributed by atoms with Gasteiger partial charge in [-0.2, -0.15) is 0 Å². The van der Waals surface area contributed by atoms with Gasteiger partial charge < -0.3 is 10.2 Å². The molecule has 0 bridgehead atoms. The fourth-order valence-corrected chi connectivity index (χ4v) is 2.69. The van der Waals surface area contributed by atoms with E-state index < -0.39 is 0 Å². The largest absolute Gasteiger partial charge is 0.340 e. The number of halogens is 2. The monoisotopic (exact) mass is 408 g/mol.